The molecule has 0 aromatic heterocycles. The number of nitrogens with one attached hydrogen (secondary N) is 2. The number of hydrogen-bond donors (Lipinski definition) is 3. The molecule has 112 valence electrons. The van der Waals surface area contributed by atoms with Crippen molar-refractivity contribution in [2.24, 2.45) is 5.73 Å². The van der Waals surface area contributed by atoms with Crippen molar-refractivity contribution in [2.45, 2.75) is 37.1 Å². The van der Waals surface area contributed by atoms with Crippen LogP contribution < -0.4 is 15.8 Å². The van der Waals surface area contributed by atoms with Crippen LogP contribution in [-0.2, 0) is 14.8 Å². The van der Waals surface area contributed by atoms with Gasteiger partial charge < -0.3 is 11.1 Å². The third kappa shape index (κ3) is 4.03. The van der Waals surface area contributed by atoms with Crippen LogP contribution in [0.5, 0.6) is 0 Å². The fourth-order valence-electron chi connectivity index (χ4n) is 1.74. The van der Waals surface area contributed by atoms with Gasteiger partial charge in [0.05, 0.1) is 10.4 Å². The fraction of sp³-hybridized carbons (Fsp3) is 0.462. The molecular formula is C13H21N3O3S. The van der Waals surface area contributed by atoms with Crippen LogP contribution in [0, 0.1) is 0 Å². The topological polar surface area (TPSA) is 101 Å². The van der Waals surface area contributed by atoms with Crippen molar-refractivity contribution >= 4 is 21.6 Å². The Morgan fingerprint density at radius 3 is 2.30 bits per heavy atom. The number of rotatable bonds is 6. The van der Waals surface area contributed by atoms with Crippen molar-refractivity contribution < 1.29 is 13.2 Å². The summed E-state index contributed by atoms with van der Waals surface area (Å²) >= 11 is 0. The zero-order valence-electron chi connectivity index (χ0n) is 11.9. The van der Waals surface area contributed by atoms with E-state index in [1.54, 1.807) is 6.92 Å². The summed E-state index contributed by atoms with van der Waals surface area (Å²) in [6.07, 6.45) is 1.38. The van der Waals surface area contributed by atoms with E-state index in [-0.39, 0.29) is 10.8 Å². The Morgan fingerprint density at radius 2 is 1.85 bits per heavy atom. The van der Waals surface area contributed by atoms with Gasteiger partial charge in [0.2, 0.25) is 15.9 Å². The van der Waals surface area contributed by atoms with Crippen LogP contribution >= 0.6 is 0 Å². The molecule has 1 atom stereocenters. The van der Waals surface area contributed by atoms with E-state index in [9.17, 15) is 13.2 Å². The maximum Gasteiger partial charge on any atom is 0.244 e. The minimum atomic E-state index is -3.47. The summed E-state index contributed by atoms with van der Waals surface area (Å²) in [7, 11) is -2.12. The van der Waals surface area contributed by atoms with Gasteiger partial charge in [-0.15, -0.1) is 0 Å². The second-order valence-corrected chi connectivity index (χ2v) is 6.74. The van der Waals surface area contributed by atoms with Gasteiger partial charge in [0, 0.05) is 5.69 Å². The average molecular weight is 299 g/mol. The van der Waals surface area contributed by atoms with Gasteiger partial charge in [-0.25, -0.2) is 13.1 Å². The molecule has 1 aromatic carbocycles. The third-order valence-electron chi connectivity index (χ3n) is 2.98. The van der Waals surface area contributed by atoms with Gasteiger partial charge in [0.25, 0.3) is 0 Å². The summed E-state index contributed by atoms with van der Waals surface area (Å²) < 4.78 is 25.3. The number of amides is 1. The maximum atomic E-state index is 12.0. The zero-order valence-corrected chi connectivity index (χ0v) is 12.8. The van der Waals surface area contributed by atoms with Gasteiger partial charge >= 0.3 is 0 Å². The first-order chi connectivity index (χ1) is 9.23. The van der Waals surface area contributed by atoms with Gasteiger partial charge in [-0.1, -0.05) is 13.3 Å². The Labute approximate surface area is 119 Å². The SMILES string of the molecule is CCCC(C)(N)C(=O)Nc1ccc(S(=O)(=O)NC)cc1. The molecule has 4 N–H and O–H groups in total. The molecule has 0 radical (unpaired) electrons. The van der Waals surface area contributed by atoms with Crippen LogP contribution in [0.3, 0.4) is 0 Å². The van der Waals surface area contributed by atoms with Gasteiger partial charge in [0.15, 0.2) is 0 Å². The van der Waals surface area contributed by atoms with E-state index in [2.05, 4.69) is 10.0 Å². The lowest BCUT2D eigenvalue weighted by Gasteiger charge is -2.22. The summed E-state index contributed by atoms with van der Waals surface area (Å²) in [4.78, 5) is 12.1. The van der Waals surface area contributed by atoms with E-state index in [1.807, 2.05) is 6.92 Å². The molecular weight excluding hydrogens is 278 g/mol. The van der Waals surface area contributed by atoms with Gasteiger partial charge in [-0.3, -0.25) is 4.79 Å². The van der Waals surface area contributed by atoms with Crippen LogP contribution in [0.25, 0.3) is 0 Å². The Hall–Kier alpha value is -1.44. The first-order valence-corrected chi connectivity index (χ1v) is 7.85. The second kappa shape index (κ2) is 6.34. The van der Waals surface area contributed by atoms with E-state index in [0.29, 0.717) is 12.1 Å². The highest BCUT2D eigenvalue weighted by molar-refractivity contribution is 7.89. The normalized spacial score (nSPS) is 14.6. The lowest BCUT2D eigenvalue weighted by atomic mass is 9.96. The molecule has 0 saturated heterocycles. The molecule has 1 unspecified atom stereocenters. The van der Waals surface area contributed by atoms with Gasteiger partial charge in [-0.2, -0.15) is 0 Å². The molecule has 1 amide bonds. The number of hydrogen-bond acceptors (Lipinski definition) is 4. The maximum absolute atomic E-state index is 12.0. The third-order valence-corrected chi connectivity index (χ3v) is 4.41. The van der Waals surface area contributed by atoms with Crippen molar-refractivity contribution in [2.75, 3.05) is 12.4 Å². The highest BCUT2D eigenvalue weighted by Gasteiger charge is 2.27. The summed E-state index contributed by atoms with van der Waals surface area (Å²) in [6, 6.07) is 5.92. The van der Waals surface area contributed by atoms with Crippen LogP contribution in [0.1, 0.15) is 26.7 Å². The van der Waals surface area contributed by atoms with Crippen molar-refractivity contribution in [3.63, 3.8) is 0 Å². The monoisotopic (exact) mass is 299 g/mol. The summed E-state index contributed by atoms with van der Waals surface area (Å²) in [5.74, 6) is -0.288. The first kappa shape index (κ1) is 16.6. The predicted molar refractivity (Wildman–Crippen MR) is 78.8 cm³/mol. The first-order valence-electron chi connectivity index (χ1n) is 6.37. The minimum Gasteiger partial charge on any atom is -0.325 e. The van der Waals surface area contributed by atoms with E-state index >= 15 is 0 Å². The molecule has 20 heavy (non-hydrogen) atoms. The number of carbonyl (C=O) groups is 1. The second-order valence-electron chi connectivity index (χ2n) is 4.85. The van der Waals surface area contributed by atoms with Crippen molar-refractivity contribution in [3.8, 4) is 0 Å². The summed E-state index contributed by atoms with van der Waals surface area (Å²) in [5.41, 5.74) is 5.49. The molecule has 0 aliphatic rings. The Morgan fingerprint density at radius 1 is 1.30 bits per heavy atom. The van der Waals surface area contributed by atoms with Crippen LogP contribution in [-0.4, -0.2) is 26.9 Å². The molecule has 1 aromatic rings. The lowest BCUT2D eigenvalue weighted by molar-refractivity contribution is -0.120. The smallest absolute Gasteiger partial charge is 0.244 e. The largest absolute Gasteiger partial charge is 0.325 e. The Kier molecular flexibility index (Phi) is 5.27. The highest BCUT2D eigenvalue weighted by Crippen LogP contribution is 2.16. The van der Waals surface area contributed by atoms with E-state index < -0.39 is 15.6 Å². The zero-order chi connectivity index (χ0) is 15.4. The average Bonchev–Trinajstić information content (AvgIpc) is 2.39. The van der Waals surface area contributed by atoms with Crippen molar-refractivity contribution in [1.82, 2.24) is 4.72 Å². The van der Waals surface area contributed by atoms with Gasteiger partial charge in [-0.05, 0) is 44.7 Å². The lowest BCUT2D eigenvalue weighted by Crippen LogP contribution is -2.48. The number of carbonyl (C=O) groups excluding carboxylic acids is 1. The van der Waals surface area contributed by atoms with E-state index in [1.165, 1.54) is 31.3 Å². The molecule has 0 aliphatic heterocycles. The number of anilines is 1. The number of sulfonamides is 1. The molecule has 0 bridgehead atoms. The Balaban J connectivity index is 2.84. The molecule has 6 nitrogen and oxygen atoms in total. The summed E-state index contributed by atoms with van der Waals surface area (Å²) in [5, 5.41) is 2.68. The molecule has 0 saturated carbocycles. The molecule has 0 heterocycles. The van der Waals surface area contributed by atoms with Gasteiger partial charge in [0.1, 0.15) is 0 Å². The number of nitrogens with two attached hydrogens (primary N) is 1. The minimum absolute atomic E-state index is 0.141. The highest BCUT2D eigenvalue weighted by atomic mass is 32.2. The standard InChI is InChI=1S/C13H21N3O3S/c1-4-9-13(2,14)12(17)16-10-5-7-11(8-6-10)20(18,19)15-3/h5-8,15H,4,9,14H2,1-3H3,(H,16,17). The van der Waals surface area contributed by atoms with Crippen molar-refractivity contribution in [3.05, 3.63) is 24.3 Å². The predicted octanol–water partition coefficient (Wildman–Crippen LogP) is 1.05. The number of benzene rings is 1. The van der Waals surface area contributed by atoms with Crippen LogP contribution in [0.4, 0.5) is 5.69 Å². The molecule has 0 spiro atoms. The van der Waals surface area contributed by atoms with E-state index in [0.717, 1.165) is 6.42 Å². The molecule has 0 fully saturated rings. The molecule has 0 aliphatic carbocycles. The Bertz CT molecular complexity index is 565. The fourth-order valence-corrected chi connectivity index (χ4v) is 2.47. The van der Waals surface area contributed by atoms with E-state index in [4.69, 9.17) is 5.73 Å². The summed E-state index contributed by atoms with van der Waals surface area (Å²) in [6.45, 7) is 3.63. The molecule has 7 heteroatoms. The molecule has 1 rings (SSSR count). The van der Waals surface area contributed by atoms with Crippen LogP contribution in [0.2, 0.25) is 0 Å². The van der Waals surface area contributed by atoms with Crippen molar-refractivity contribution in [1.29, 1.82) is 0 Å². The van der Waals surface area contributed by atoms with Crippen LogP contribution in [0.15, 0.2) is 29.2 Å². The quantitative estimate of drug-likeness (QED) is 0.730.